The molecule has 0 spiro atoms. The van der Waals surface area contributed by atoms with E-state index in [1.807, 2.05) is 34.9 Å². The van der Waals surface area contributed by atoms with E-state index in [9.17, 15) is 9.90 Å². The average molecular weight is 685 g/mol. The smallest absolute Gasteiger partial charge is 0.407 e. The van der Waals surface area contributed by atoms with Crippen molar-refractivity contribution in [1.82, 2.24) is 29.6 Å². The van der Waals surface area contributed by atoms with Crippen LogP contribution >= 0.6 is 0 Å². The summed E-state index contributed by atoms with van der Waals surface area (Å²) in [5, 5.41) is 16.7. The van der Waals surface area contributed by atoms with Crippen LogP contribution in [0, 0.1) is 0 Å². The second-order valence-corrected chi connectivity index (χ2v) is 20.2. The van der Waals surface area contributed by atoms with Crippen LogP contribution in [0.2, 0.25) is 25.7 Å². The van der Waals surface area contributed by atoms with Gasteiger partial charge in [0.1, 0.15) is 36.8 Å². The van der Waals surface area contributed by atoms with E-state index in [0.29, 0.717) is 46.2 Å². The van der Waals surface area contributed by atoms with E-state index >= 15 is 8.78 Å². The van der Waals surface area contributed by atoms with Crippen LogP contribution in [-0.4, -0.2) is 81.0 Å². The Labute approximate surface area is 280 Å². The summed E-state index contributed by atoms with van der Waals surface area (Å²) in [6, 6.07) is 12.2. The molecule has 1 aliphatic carbocycles. The molecule has 2 heterocycles. The molecule has 14 heteroatoms. The first-order chi connectivity index (χ1) is 22.6. The van der Waals surface area contributed by atoms with Gasteiger partial charge >= 0.3 is 6.09 Å². The van der Waals surface area contributed by atoms with Crippen LogP contribution in [0.1, 0.15) is 46.1 Å². The predicted octanol–water partition coefficient (Wildman–Crippen LogP) is 6.90. The molecule has 260 valence electrons. The zero-order valence-corrected chi connectivity index (χ0v) is 29.5. The number of carbonyl (C=O) groups is 1. The maximum absolute atomic E-state index is 15.5. The van der Waals surface area contributed by atoms with E-state index in [1.54, 1.807) is 43.9 Å². The molecular formula is C34H46F2N6O5Si. The first-order valence-corrected chi connectivity index (χ1v) is 20.0. The molecule has 1 saturated carbocycles. The number of aromatic nitrogens is 5. The lowest BCUT2D eigenvalue weighted by Gasteiger charge is -2.37. The molecule has 0 aliphatic heterocycles. The molecule has 0 saturated heterocycles. The Morgan fingerprint density at radius 3 is 2.62 bits per heavy atom. The van der Waals surface area contributed by atoms with Crippen molar-refractivity contribution < 1.29 is 32.9 Å². The summed E-state index contributed by atoms with van der Waals surface area (Å²) < 4.78 is 51.5. The number of carbonyl (C=O) groups excluding carboxylic acids is 1. The summed E-state index contributed by atoms with van der Waals surface area (Å²) in [6.07, 6.45) is 0.131. The first kappa shape index (κ1) is 35.4. The monoisotopic (exact) mass is 684 g/mol. The average Bonchev–Trinajstić information content (AvgIpc) is 3.60. The minimum atomic E-state index is -3.07. The second kappa shape index (κ2) is 14.3. The van der Waals surface area contributed by atoms with Crippen molar-refractivity contribution in [3.8, 4) is 28.5 Å². The van der Waals surface area contributed by atoms with Gasteiger partial charge in [-0.25, -0.2) is 28.2 Å². The number of ether oxygens (including phenoxy) is 3. The minimum Gasteiger partial charge on any atom is -0.490 e. The van der Waals surface area contributed by atoms with E-state index in [-0.39, 0.29) is 26.4 Å². The van der Waals surface area contributed by atoms with Crippen LogP contribution in [-0.2, 0) is 16.2 Å². The van der Waals surface area contributed by atoms with Crippen molar-refractivity contribution >= 4 is 25.2 Å². The Bertz CT molecular complexity index is 1710. The number of hydrogen-bond acceptors (Lipinski definition) is 8. The summed E-state index contributed by atoms with van der Waals surface area (Å²) in [4.78, 5) is 22.1. The van der Waals surface area contributed by atoms with Gasteiger partial charge in [-0.15, -0.1) is 5.10 Å². The quantitative estimate of drug-likeness (QED) is 0.122. The molecule has 2 N–H and O–H groups in total. The Morgan fingerprint density at radius 1 is 1.12 bits per heavy atom. The highest BCUT2D eigenvalue weighted by Gasteiger charge is 2.44. The van der Waals surface area contributed by atoms with Gasteiger partial charge in [-0.05, 0) is 63.6 Å². The van der Waals surface area contributed by atoms with Crippen molar-refractivity contribution in [3.05, 3.63) is 48.8 Å². The largest absolute Gasteiger partial charge is 0.490 e. The van der Waals surface area contributed by atoms with E-state index in [4.69, 9.17) is 19.2 Å². The van der Waals surface area contributed by atoms with Crippen LogP contribution in [0.3, 0.4) is 0 Å². The van der Waals surface area contributed by atoms with Crippen molar-refractivity contribution in [3.63, 3.8) is 0 Å². The Morgan fingerprint density at radius 2 is 1.90 bits per heavy atom. The lowest BCUT2D eigenvalue weighted by Crippen LogP contribution is -2.46. The first-order valence-electron chi connectivity index (χ1n) is 16.3. The van der Waals surface area contributed by atoms with E-state index in [0.717, 1.165) is 6.04 Å². The van der Waals surface area contributed by atoms with E-state index in [1.165, 1.54) is 0 Å². The summed E-state index contributed by atoms with van der Waals surface area (Å²) in [7, 11) is -1.22. The number of para-hydroxylation sites is 1. The van der Waals surface area contributed by atoms with Gasteiger partial charge in [-0.3, -0.25) is 0 Å². The van der Waals surface area contributed by atoms with Crippen molar-refractivity contribution in [2.24, 2.45) is 0 Å². The molecule has 4 aromatic rings. The standard InChI is InChI=1S/C34H46F2N6O5Si/c1-33(2,3)47-32(44)38-24-18-25(20-34(35,36)19-24)42-28-17-23(30-37-21-41(40-30)22-45-15-16-48(4,5)6)11-12-27(28)39-31(42)26-9-7-8-10-29(26)46-14-13-43/h7-12,17,21,24-25,43H,13-16,18-20,22H2,1-6H3,(H,38,44). The van der Waals surface area contributed by atoms with Gasteiger partial charge in [0.25, 0.3) is 5.92 Å². The van der Waals surface area contributed by atoms with Crippen LogP contribution in [0.25, 0.3) is 33.8 Å². The molecule has 2 aromatic carbocycles. The maximum Gasteiger partial charge on any atom is 0.407 e. The number of benzene rings is 2. The lowest BCUT2D eigenvalue weighted by atomic mass is 9.87. The van der Waals surface area contributed by atoms with Gasteiger partial charge in [0.15, 0.2) is 5.82 Å². The molecule has 48 heavy (non-hydrogen) atoms. The minimum absolute atomic E-state index is 0.0565. The number of alkyl carbamates (subject to hydrolysis) is 1. The molecule has 1 amide bonds. The van der Waals surface area contributed by atoms with Gasteiger partial charge in [0, 0.05) is 45.2 Å². The molecule has 2 atom stereocenters. The molecule has 1 fully saturated rings. The maximum atomic E-state index is 15.5. The van der Waals surface area contributed by atoms with Crippen molar-refractivity contribution in [2.45, 2.75) is 96.1 Å². The van der Waals surface area contributed by atoms with Crippen LogP contribution < -0.4 is 10.1 Å². The number of fused-ring (bicyclic) bond motifs is 1. The molecule has 5 rings (SSSR count). The molecule has 0 radical (unpaired) electrons. The van der Waals surface area contributed by atoms with Crippen LogP contribution in [0.15, 0.2) is 48.8 Å². The molecule has 2 unspecified atom stereocenters. The Balaban J connectivity index is 1.53. The van der Waals surface area contributed by atoms with Crippen molar-refractivity contribution in [2.75, 3.05) is 19.8 Å². The van der Waals surface area contributed by atoms with Gasteiger partial charge in [-0.2, -0.15) is 0 Å². The number of nitrogens with one attached hydrogen (secondary N) is 1. The normalized spacial score (nSPS) is 18.2. The number of rotatable bonds is 12. The highest BCUT2D eigenvalue weighted by atomic mass is 28.3. The van der Waals surface area contributed by atoms with E-state index < -0.39 is 50.6 Å². The topological polar surface area (TPSA) is 126 Å². The third-order valence-corrected chi connectivity index (χ3v) is 9.61. The highest BCUT2D eigenvalue weighted by Crippen LogP contribution is 2.44. The van der Waals surface area contributed by atoms with Gasteiger partial charge in [-0.1, -0.05) is 31.8 Å². The van der Waals surface area contributed by atoms with Crippen LogP contribution in [0.4, 0.5) is 13.6 Å². The number of imidazole rings is 1. The number of hydrogen-bond donors (Lipinski definition) is 2. The number of nitrogens with zero attached hydrogens (tertiary/aromatic N) is 5. The lowest BCUT2D eigenvalue weighted by molar-refractivity contribution is -0.0599. The van der Waals surface area contributed by atoms with Gasteiger partial charge in [0.05, 0.1) is 23.2 Å². The fraction of sp³-hybridized carbons (Fsp3) is 0.529. The Hall–Kier alpha value is -3.88. The fourth-order valence-corrected chi connectivity index (χ4v) is 6.57. The summed E-state index contributed by atoms with van der Waals surface area (Å²) in [6.45, 7) is 12.8. The molecule has 1 aliphatic rings. The number of alkyl halides is 2. The zero-order valence-electron chi connectivity index (χ0n) is 28.5. The molecular weight excluding hydrogens is 638 g/mol. The van der Waals surface area contributed by atoms with E-state index in [2.05, 4.69) is 35.0 Å². The molecule has 11 nitrogen and oxygen atoms in total. The molecule has 2 aromatic heterocycles. The fourth-order valence-electron chi connectivity index (χ4n) is 5.81. The SMILES string of the molecule is CC(C)(C)OC(=O)NC1CC(n2c(-c3ccccc3OCCO)nc3ccc(-c4ncn(COCC[Si](C)(C)C)n4)cc32)CC(F)(F)C1. The van der Waals surface area contributed by atoms with Gasteiger partial charge in [0.2, 0.25) is 0 Å². The predicted molar refractivity (Wildman–Crippen MR) is 182 cm³/mol. The highest BCUT2D eigenvalue weighted by molar-refractivity contribution is 6.76. The summed E-state index contributed by atoms with van der Waals surface area (Å²) in [5.41, 5.74) is 1.70. The molecule has 0 bridgehead atoms. The second-order valence-electron chi connectivity index (χ2n) is 14.5. The third kappa shape index (κ3) is 9.17. The van der Waals surface area contributed by atoms with Crippen molar-refractivity contribution in [1.29, 1.82) is 0 Å². The van der Waals surface area contributed by atoms with Gasteiger partial charge < -0.3 is 29.2 Å². The zero-order chi connectivity index (χ0) is 34.7. The summed E-state index contributed by atoms with van der Waals surface area (Å²) >= 11 is 0. The number of aliphatic hydroxyl groups is 1. The number of amides is 1. The van der Waals surface area contributed by atoms with Crippen LogP contribution in [0.5, 0.6) is 5.75 Å². The number of halogens is 2. The number of aliphatic hydroxyl groups excluding tert-OH is 1. The third-order valence-electron chi connectivity index (χ3n) is 7.90. The Kier molecular flexibility index (Phi) is 10.6. The summed E-state index contributed by atoms with van der Waals surface area (Å²) in [5.74, 6) is -1.71.